The zero-order valence-electron chi connectivity index (χ0n) is 17.8. The van der Waals surface area contributed by atoms with E-state index in [2.05, 4.69) is 5.32 Å². The third-order valence-corrected chi connectivity index (χ3v) is 7.54. The van der Waals surface area contributed by atoms with E-state index in [0.29, 0.717) is 26.3 Å². The summed E-state index contributed by atoms with van der Waals surface area (Å²) in [5.41, 5.74) is 1.23. The van der Waals surface area contributed by atoms with Crippen LogP contribution in [0.5, 0.6) is 0 Å². The maximum absolute atomic E-state index is 13.5. The normalized spacial score (nSPS) is 16.7. The van der Waals surface area contributed by atoms with Crippen molar-refractivity contribution in [3.05, 3.63) is 103 Å². The molecule has 35 heavy (non-hydrogen) atoms. The van der Waals surface area contributed by atoms with Crippen molar-refractivity contribution in [1.29, 1.82) is 5.26 Å². The first-order chi connectivity index (χ1) is 16.8. The van der Waals surface area contributed by atoms with Gasteiger partial charge in [0.15, 0.2) is 0 Å². The fourth-order valence-electron chi connectivity index (χ4n) is 3.48. The number of carbonyl (C=O) groups excluding carboxylic acids is 2. The van der Waals surface area contributed by atoms with Crippen molar-refractivity contribution < 1.29 is 9.59 Å². The lowest BCUT2D eigenvalue weighted by Crippen LogP contribution is -2.31. The maximum Gasteiger partial charge on any atom is 0.269 e. The van der Waals surface area contributed by atoms with Gasteiger partial charge in [0.2, 0.25) is 5.91 Å². The third kappa shape index (κ3) is 5.61. The molecule has 1 aliphatic heterocycles. The molecule has 0 radical (unpaired) electrons. The Hall–Kier alpha value is -2.66. The number of amides is 2. The van der Waals surface area contributed by atoms with Crippen molar-refractivity contribution in [1.82, 2.24) is 0 Å². The molecule has 0 bridgehead atoms. The van der Waals surface area contributed by atoms with Gasteiger partial charge in [-0.3, -0.25) is 14.5 Å². The van der Waals surface area contributed by atoms with Gasteiger partial charge in [0.05, 0.1) is 16.0 Å². The molecule has 0 aliphatic carbocycles. The third-order valence-electron chi connectivity index (χ3n) is 5.11. The Labute approximate surface area is 226 Å². The average Bonchev–Trinajstić information content (AvgIpc) is 3.15. The fourth-order valence-corrected chi connectivity index (χ4v) is 5.50. The number of anilines is 2. The standard InChI is InChI=1S/C25H15Cl4N3O2S/c26-15-6-8-19(28)14(10-15)11-22-24(34)32(17-4-2-1-3-5-17)25(35-22)18(13-30)23(33)31-21-12-16(27)7-9-20(21)29/h1-10,12,22H,11H2,(H,31,33)/b25-18-/t22-/m0/s1. The second-order valence-corrected chi connectivity index (χ2v) is 10.3. The Morgan fingerprint density at radius 2 is 1.63 bits per heavy atom. The predicted octanol–water partition coefficient (Wildman–Crippen LogP) is 7.37. The molecular formula is C25H15Cl4N3O2S. The lowest BCUT2D eigenvalue weighted by Gasteiger charge is -2.18. The minimum atomic E-state index is -0.714. The highest BCUT2D eigenvalue weighted by atomic mass is 35.5. The van der Waals surface area contributed by atoms with Gasteiger partial charge >= 0.3 is 0 Å². The molecule has 0 saturated carbocycles. The number of rotatable bonds is 5. The van der Waals surface area contributed by atoms with E-state index in [1.807, 2.05) is 12.1 Å². The number of benzene rings is 3. The highest BCUT2D eigenvalue weighted by Crippen LogP contribution is 2.42. The molecule has 1 atom stereocenters. The van der Waals surface area contributed by atoms with E-state index in [9.17, 15) is 14.9 Å². The lowest BCUT2D eigenvalue weighted by atomic mass is 10.1. The van der Waals surface area contributed by atoms with Crippen LogP contribution in [0.15, 0.2) is 77.3 Å². The van der Waals surface area contributed by atoms with Crippen LogP contribution in [0.25, 0.3) is 0 Å². The number of carbonyl (C=O) groups is 2. The van der Waals surface area contributed by atoms with E-state index in [-0.39, 0.29) is 33.6 Å². The molecule has 3 aromatic carbocycles. The summed E-state index contributed by atoms with van der Waals surface area (Å²) < 4.78 is 0. The molecule has 4 rings (SSSR count). The summed E-state index contributed by atoms with van der Waals surface area (Å²) in [5.74, 6) is -0.997. The van der Waals surface area contributed by atoms with Gasteiger partial charge in [0.1, 0.15) is 16.7 Å². The number of nitrogens with zero attached hydrogens (tertiary/aromatic N) is 2. The highest BCUT2D eigenvalue weighted by Gasteiger charge is 2.41. The maximum atomic E-state index is 13.5. The van der Waals surface area contributed by atoms with Crippen molar-refractivity contribution in [2.24, 2.45) is 0 Å². The monoisotopic (exact) mass is 561 g/mol. The van der Waals surface area contributed by atoms with Gasteiger partial charge in [-0.25, -0.2) is 0 Å². The SMILES string of the molecule is N#C/C(C(=O)Nc1cc(Cl)ccc1Cl)=C1/S[C@@H](Cc2cc(Cl)ccc2Cl)C(=O)N1c1ccccc1. The minimum absolute atomic E-state index is 0.211. The molecule has 5 nitrogen and oxygen atoms in total. The van der Waals surface area contributed by atoms with Crippen LogP contribution in [-0.4, -0.2) is 17.1 Å². The molecule has 1 N–H and O–H groups in total. The number of hydrogen-bond donors (Lipinski definition) is 1. The molecule has 1 heterocycles. The van der Waals surface area contributed by atoms with Gasteiger partial charge in [-0.05, 0) is 60.5 Å². The van der Waals surface area contributed by atoms with Crippen LogP contribution in [0.3, 0.4) is 0 Å². The molecule has 1 fully saturated rings. The molecule has 3 aromatic rings. The Balaban J connectivity index is 1.74. The van der Waals surface area contributed by atoms with Crippen molar-refractivity contribution in [3.8, 4) is 6.07 Å². The Bertz CT molecular complexity index is 1390. The quantitative estimate of drug-likeness (QED) is 0.260. The highest BCUT2D eigenvalue weighted by molar-refractivity contribution is 8.05. The van der Waals surface area contributed by atoms with Gasteiger partial charge in [0.25, 0.3) is 5.91 Å². The summed E-state index contributed by atoms with van der Waals surface area (Å²) in [7, 11) is 0. The van der Waals surface area contributed by atoms with E-state index in [0.717, 1.165) is 11.8 Å². The Morgan fingerprint density at radius 1 is 0.971 bits per heavy atom. The van der Waals surface area contributed by atoms with Crippen LogP contribution in [0.1, 0.15) is 5.56 Å². The summed E-state index contributed by atoms with van der Waals surface area (Å²) in [5, 5.41) is 13.7. The first-order valence-corrected chi connectivity index (χ1v) is 12.6. The van der Waals surface area contributed by atoms with E-state index in [4.69, 9.17) is 46.4 Å². The van der Waals surface area contributed by atoms with Gasteiger partial charge in [0, 0.05) is 20.8 Å². The average molecular weight is 563 g/mol. The molecule has 1 aliphatic rings. The predicted molar refractivity (Wildman–Crippen MR) is 143 cm³/mol. The molecule has 176 valence electrons. The topological polar surface area (TPSA) is 73.2 Å². The second-order valence-electron chi connectivity index (χ2n) is 7.43. The van der Waals surface area contributed by atoms with Crippen LogP contribution >= 0.6 is 58.2 Å². The van der Waals surface area contributed by atoms with E-state index >= 15 is 0 Å². The molecule has 0 aromatic heterocycles. The number of halogens is 4. The van der Waals surface area contributed by atoms with Gasteiger partial charge < -0.3 is 5.32 Å². The van der Waals surface area contributed by atoms with Gasteiger partial charge in [-0.1, -0.05) is 76.4 Å². The summed E-state index contributed by atoms with van der Waals surface area (Å²) in [6.07, 6.45) is 0.260. The van der Waals surface area contributed by atoms with Crippen LogP contribution < -0.4 is 10.2 Å². The van der Waals surface area contributed by atoms with Crippen molar-refractivity contribution in [2.45, 2.75) is 11.7 Å². The number of nitrogens with one attached hydrogen (secondary N) is 1. The van der Waals surface area contributed by atoms with Crippen LogP contribution in [0.2, 0.25) is 20.1 Å². The second kappa shape index (κ2) is 10.9. The zero-order valence-corrected chi connectivity index (χ0v) is 21.6. The number of para-hydroxylation sites is 1. The number of nitriles is 1. The van der Waals surface area contributed by atoms with E-state index in [1.54, 1.807) is 48.5 Å². The minimum Gasteiger partial charge on any atom is -0.320 e. The van der Waals surface area contributed by atoms with Crippen LogP contribution in [0.4, 0.5) is 11.4 Å². The smallest absolute Gasteiger partial charge is 0.269 e. The number of hydrogen-bond acceptors (Lipinski definition) is 4. The van der Waals surface area contributed by atoms with Crippen LogP contribution in [-0.2, 0) is 16.0 Å². The first-order valence-electron chi connectivity index (χ1n) is 10.2. The summed E-state index contributed by atoms with van der Waals surface area (Å²) >= 11 is 25.8. The molecule has 2 amide bonds. The summed E-state index contributed by atoms with van der Waals surface area (Å²) in [6.45, 7) is 0. The lowest BCUT2D eigenvalue weighted by molar-refractivity contribution is -0.117. The van der Waals surface area contributed by atoms with Gasteiger partial charge in [-0.2, -0.15) is 5.26 Å². The molecule has 0 unspecified atom stereocenters. The summed E-state index contributed by atoms with van der Waals surface area (Å²) in [4.78, 5) is 28.1. The van der Waals surface area contributed by atoms with Crippen molar-refractivity contribution >= 4 is 81.4 Å². The van der Waals surface area contributed by atoms with E-state index < -0.39 is 11.2 Å². The van der Waals surface area contributed by atoms with Gasteiger partial charge in [-0.15, -0.1) is 0 Å². The Kier molecular flexibility index (Phi) is 7.95. The van der Waals surface area contributed by atoms with Crippen molar-refractivity contribution in [3.63, 3.8) is 0 Å². The summed E-state index contributed by atoms with van der Waals surface area (Å²) in [6, 6.07) is 20.4. The molecule has 1 saturated heterocycles. The number of thioether (sulfide) groups is 1. The Morgan fingerprint density at radius 3 is 2.31 bits per heavy atom. The van der Waals surface area contributed by atoms with E-state index in [1.165, 1.54) is 17.0 Å². The molecule has 10 heteroatoms. The largest absolute Gasteiger partial charge is 0.320 e. The molecular weight excluding hydrogens is 548 g/mol. The van der Waals surface area contributed by atoms with Crippen LogP contribution in [0, 0.1) is 11.3 Å². The first kappa shape index (κ1) is 25.4. The molecule has 0 spiro atoms. The zero-order chi connectivity index (χ0) is 25.1. The van der Waals surface area contributed by atoms with Crippen molar-refractivity contribution in [2.75, 3.05) is 10.2 Å². The fraction of sp³-hybridized carbons (Fsp3) is 0.0800.